The smallest absolute Gasteiger partial charge is 0.214 e. The Bertz CT molecular complexity index is 374. The van der Waals surface area contributed by atoms with Crippen LogP contribution in [0.5, 0.6) is 0 Å². The van der Waals surface area contributed by atoms with Crippen molar-refractivity contribution in [2.45, 2.75) is 12.6 Å². The summed E-state index contributed by atoms with van der Waals surface area (Å²) in [5, 5.41) is 0. The Hall–Kier alpha value is -0.540. The third-order valence-electron chi connectivity index (χ3n) is 1.47. The molecule has 0 spiro atoms. The highest BCUT2D eigenvalue weighted by molar-refractivity contribution is 14.1. The molecular weight excluding hydrogens is 339 g/mol. The zero-order valence-electron chi connectivity index (χ0n) is 6.75. The maximum absolute atomic E-state index is 12.8. The summed E-state index contributed by atoms with van der Waals surface area (Å²) >= 11 is 1.18. The summed E-state index contributed by atoms with van der Waals surface area (Å²) in [4.78, 5) is 2.55. The van der Waals surface area contributed by atoms with Crippen LogP contribution < -0.4 is 0 Å². The molecule has 0 N–H and O–H groups in total. The fraction of sp³-hybridized carbons (Fsp3) is 0.286. The van der Waals surface area contributed by atoms with Gasteiger partial charge in [0.25, 0.3) is 6.43 Å². The minimum absolute atomic E-state index is 0.148. The lowest BCUT2D eigenvalue weighted by Gasteiger charge is -2.09. The number of hydrogen-bond donors (Lipinski definition) is 0. The molecule has 1 nitrogen and oxygen atoms in total. The van der Waals surface area contributed by atoms with Crippen molar-refractivity contribution in [2.75, 3.05) is 0 Å². The molecule has 8 heteroatoms. The van der Waals surface area contributed by atoms with Crippen LogP contribution in [-0.4, -0.2) is 4.98 Å². The summed E-state index contributed by atoms with van der Waals surface area (Å²) in [7, 11) is 0. The standard InChI is InChI=1S/C7H2F6IN/c8-5(9)2-1-3(7(11,12)13)15-6(10)4(2)14/h1,5H. The number of rotatable bonds is 1. The Labute approximate surface area is 93.6 Å². The molecule has 0 fully saturated rings. The number of hydrogen-bond acceptors (Lipinski definition) is 1. The number of pyridine rings is 1. The molecule has 0 unspecified atom stereocenters. The first-order chi connectivity index (χ1) is 6.73. The van der Waals surface area contributed by atoms with Crippen LogP contribution in [0.25, 0.3) is 0 Å². The fourth-order valence-corrected chi connectivity index (χ4v) is 1.33. The predicted molar refractivity (Wildman–Crippen MR) is 46.9 cm³/mol. The molecule has 0 aromatic carbocycles. The second kappa shape index (κ2) is 4.14. The van der Waals surface area contributed by atoms with Gasteiger partial charge in [-0.1, -0.05) is 0 Å². The zero-order valence-corrected chi connectivity index (χ0v) is 8.91. The van der Waals surface area contributed by atoms with E-state index in [1.165, 1.54) is 22.6 Å². The van der Waals surface area contributed by atoms with Crippen molar-refractivity contribution in [1.82, 2.24) is 4.98 Å². The van der Waals surface area contributed by atoms with Crippen molar-refractivity contribution >= 4 is 22.6 Å². The molecule has 0 saturated heterocycles. The third kappa shape index (κ3) is 2.73. The SMILES string of the molecule is Fc1nc(C(F)(F)F)cc(C(F)F)c1I. The maximum Gasteiger partial charge on any atom is 0.433 e. The van der Waals surface area contributed by atoms with Crippen LogP contribution in [-0.2, 0) is 6.18 Å². The molecule has 0 radical (unpaired) electrons. The summed E-state index contributed by atoms with van der Waals surface area (Å²) in [6.07, 6.45) is -8.11. The van der Waals surface area contributed by atoms with Gasteiger partial charge >= 0.3 is 6.18 Å². The second-order valence-electron chi connectivity index (χ2n) is 2.50. The Morgan fingerprint density at radius 3 is 2.20 bits per heavy atom. The molecule has 1 aromatic heterocycles. The molecule has 0 atom stereocenters. The van der Waals surface area contributed by atoms with Crippen LogP contribution in [0.15, 0.2) is 6.07 Å². The second-order valence-corrected chi connectivity index (χ2v) is 3.58. The van der Waals surface area contributed by atoms with E-state index in [2.05, 4.69) is 4.98 Å². The van der Waals surface area contributed by atoms with Crippen LogP contribution in [0.2, 0.25) is 0 Å². The summed E-state index contributed by atoms with van der Waals surface area (Å²) in [6, 6.07) is 0.148. The van der Waals surface area contributed by atoms with Gasteiger partial charge in [-0.15, -0.1) is 0 Å². The van der Waals surface area contributed by atoms with Crippen molar-refractivity contribution in [1.29, 1.82) is 0 Å². The monoisotopic (exact) mass is 341 g/mol. The average molecular weight is 341 g/mol. The highest BCUT2D eigenvalue weighted by atomic mass is 127. The Morgan fingerprint density at radius 1 is 1.27 bits per heavy atom. The van der Waals surface area contributed by atoms with Crippen LogP contribution in [0, 0.1) is 9.52 Å². The lowest BCUT2D eigenvalue weighted by atomic mass is 10.2. The van der Waals surface area contributed by atoms with E-state index in [1.807, 2.05) is 0 Å². The molecule has 1 heterocycles. The van der Waals surface area contributed by atoms with Crippen LogP contribution in [0.4, 0.5) is 26.3 Å². The van der Waals surface area contributed by atoms with E-state index in [9.17, 15) is 26.3 Å². The van der Waals surface area contributed by atoms with E-state index >= 15 is 0 Å². The van der Waals surface area contributed by atoms with Gasteiger partial charge in [0, 0.05) is 5.56 Å². The fourth-order valence-electron chi connectivity index (χ4n) is 0.821. The Balaban J connectivity index is 3.36. The Kier molecular flexibility index (Phi) is 3.46. The molecule has 15 heavy (non-hydrogen) atoms. The zero-order chi connectivity index (χ0) is 11.8. The molecular formula is C7H2F6IN. The van der Waals surface area contributed by atoms with E-state index in [0.29, 0.717) is 0 Å². The van der Waals surface area contributed by atoms with Gasteiger partial charge in [0.1, 0.15) is 5.69 Å². The highest BCUT2D eigenvalue weighted by Crippen LogP contribution is 2.33. The van der Waals surface area contributed by atoms with Crippen LogP contribution >= 0.6 is 22.6 Å². The Morgan fingerprint density at radius 2 is 1.80 bits per heavy atom. The largest absolute Gasteiger partial charge is 0.433 e. The summed E-state index contributed by atoms with van der Waals surface area (Å²) in [6.45, 7) is 0. The molecule has 0 saturated carbocycles. The highest BCUT2D eigenvalue weighted by Gasteiger charge is 2.35. The van der Waals surface area contributed by atoms with Crippen molar-refractivity contribution < 1.29 is 26.3 Å². The van der Waals surface area contributed by atoms with Gasteiger partial charge in [-0.05, 0) is 28.7 Å². The van der Waals surface area contributed by atoms with Crippen LogP contribution in [0.1, 0.15) is 17.7 Å². The average Bonchev–Trinajstić information content (AvgIpc) is 2.06. The maximum atomic E-state index is 12.8. The minimum Gasteiger partial charge on any atom is -0.214 e. The number of alkyl halides is 5. The lowest BCUT2D eigenvalue weighted by Crippen LogP contribution is -2.12. The third-order valence-corrected chi connectivity index (χ3v) is 2.54. The first kappa shape index (κ1) is 12.5. The number of aromatic nitrogens is 1. The summed E-state index contributed by atoms with van der Waals surface area (Å²) in [5.74, 6) is -1.54. The number of halogens is 7. The predicted octanol–water partition coefficient (Wildman–Crippen LogP) is 3.78. The molecule has 1 aromatic rings. The van der Waals surface area contributed by atoms with Crippen molar-refractivity contribution in [2.24, 2.45) is 0 Å². The summed E-state index contributed by atoms with van der Waals surface area (Å²) in [5.41, 5.74) is -2.66. The summed E-state index contributed by atoms with van der Waals surface area (Å²) < 4.78 is 72.8. The van der Waals surface area contributed by atoms with Gasteiger partial charge in [-0.3, -0.25) is 0 Å². The first-order valence-electron chi connectivity index (χ1n) is 3.44. The first-order valence-corrected chi connectivity index (χ1v) is 4.52. The normalized spacial score (nSPS) is 12.3. The molecule has 0 aliphatic rings. The van der Waals surface area contributed by atoms with Crippen molar-refractivity contribution in [3.63, 3.8) is 0 Å². The number of nitrogens with zero attached hydrogens (tertiary/aromatic N) is 1. The van der Waals surface area contributed by atoms with Crippen molar-refractivity contribution in [3.05, 3.63) is 26.8 Å². The molecule has 0 aliphatic heterocycles. The van der Waals surface area contributed by atoms with Gasteiger partial charge in [-0.2, -0.15) is 17.6 Å². The van der Waals surface area contributed by atoms with Gasteiger partial charge < -0.3 is 0 Å². The van der Waals surface area contributed by atoms with E-state index in [4.69, 9.17) is 0 Å². The molecule has 0 amide bonds. The molecule has 1 rings (SSSR count). The van der Waals surface area contributed by atoms with Crippen molar-refractivity contribution in [3.8, 4) is 0 Å². The van der Waals surface area contributed by atoms with E-state index in [1.54, 1.807) is 0 Å². The van der Waals surface area contributed by atoms with Gasteiger partial charge in [0.2, 0.25) is 5.95 Å². The topological polar surface area (TPSA) is 12.9 Å². The lowest BCUT2D eigenvalue weighted by molar-refractivity contribution is -0.141. The van der Waals surface area contributed by atoms with E-state index in [-0.39, 0.29) is 6.07 Å². The molecule has 0 aliphatic carbocycles. The van der Waals surface area contributed by atoms with Gasteiger partial charge in [0.15, 0.2) is 0 Å². The quantitative estimate of drug-likeness (QED) is 0.430. The van der Waals surface area contributed by atoms with E-state index in [0.717, 1.165) is 0 Å². The molecule has 84 valence electrons. The van der Waals surface area contributed by atoms with Gasteiger partial charge in [-0.25, -0.2) is 13.8 Å². The van der Waals surface area contributed by atoms with Crippen LogP contribution in [0.3, 0.4) is 0 Å². The van der Waals surface area contributed by atoms with Gasteiger partial charge in [0.05, 0.1) is 3.57 Å². The van der Waals surface area contributed by atoms with E-state index < -0.39 is 33.4 Å². The molecule has 0 bridgehead atoms. The minimum atomic E-state index is -4.94.